The van der Waals surface area contributed by atoms with Gasteiger partial charge in [-0.3, -0.25) is 14.4 Å². The Morgan fingerprint density at radius 1 is 1.12 bits per heavy atom. The van der Waals surface area contributed by atoms with E-state index in [1.54, 1.807) is 26.0 Å². The minimum atomic E-state index is -1.15. The van der Waals surface area contributed by atoms with E-state index in [0.717, 1.165) is 17.5 Å². The van der Waals surface area contributed by atoms with Crippen LogP contribution < -0.4 is 10.6 Å². The maximum atomic E-state index is 13.3. The van der Waals surface area contributed by atoms with Gasteiger partial charge in [0.15, 0.2) is 6.10 Å². The number of carbonyl (C=O) groups is 4. The molecule has 2 rings (SSSR count). The molecule has 1 aromatic rings. The van der Waals surface area contributed by atoms with Gasteiger partial charge in [0.1, 0.15) is 12.1 Å². The van der Waals surface area contributed by atoms with Crippen LogP contribution in [0.25, 0.3) is 0 Å². The summed E-state index contributed by atoms with van der Waals surface area (Å²) in [6, 6.07) is 4.57. The van der Waals surface area contributed by atoms with Crippen molar-refractivity contribution in [2.24, 2.45) is 17.3 Å². The van der Waals surface area contributed by atoms with Crippen molar-refractivity contribution in [1.29, 1.82) is 0 Å². The van der Waals surface area contributed by atoms with Gasteiger partial charge < -0.3 is 20.1 Å². The molecule has 1 aliphatic rings. The van der Waals surface area contributed by atoms with Crippen molar-refractivity contribution in [3.8, 4) is 0 Å². The Kier molecular flexibility index (Phi) is 13.1. The van der Waals surface area contributed by atoms with Gasteiger partial charge in [-0.1, -0.05) is 69.7 Å². The lowest BCUT2D eigenvalue weighted by Gasteiger charge is -2.29. The largest absolute Gasteiger partial charge is 0.459 e. The summed E-state index contributed by atoms with van der Waals surface area (Å²) in [5.41, 5.74) is 0.526. The lowest BCUT2D eigenvalue weighted by atomic mass is 9.93. The van der Waals surface area contributed by atoms with Gasteiger partial charge >= 0.3 is 11.9 Å². The first-order valence-electron chi connectivity index (χ1n) is 14.3. The molecule has 0 aromatic heterocycles. The predicted molar refractivity (Wildman–Crippen MR) is 160 cm³/mol. The average Bonchev–Trinajstić information content (AvgIpc) is 2.90. The number of allylic oxidation sites excluding steroid dienone is 1. The highest BCUT2D eigenvalue weighted by Gasteiger charge is 2.36. The van der Waals surface area contributed by atoms with Gasteiger partial charge in [0, 0.05) is 30.3 Å². The molecule has 1 heterocycles. The molecule has 2 N–H and O–H groups in total. The molecule has 0 radical (unpaired) electrons. The summed E-state index contributed by atoms with van der Waals surface area (Å²) in [5, 5.41) is 6.11. The monoisotopic (exact) mass is 588 g/mol. The van der Waals surface area contributed by atoms with Crippen LogP contribution in [0.3, 0.4) is 0 Å². The van der Waals surface area contributed by atoms with E-state index in [1.165, 1.54) is 6.08 Å². The molecule has 4 unspecified atom stereocenters. The Hall–Kier alpha value is -3.13. The number of cyclic esters (lactones) is 2. The third-order valence-corrected chi connectivity index (χ3v) is 7.34. The quantitative estimate of drug-likeness (QED) is 0.332. The fourth-order valence-electron chi connectivity index (χ4n) is 4.22. The Labute approximate surface area is 249 Å². The van der Waals surface area contributed by atoms with E-state index in [0.29, 0.717) is 11.4 Å². The molecule has 1 aliphatic heterocycles. The molecule has 2 amide bonds. The number of nitrogens with one attached hydrogen (secondary N) is 2. The molecule has 0 saturated carbocycles. The first-order chi connectivity index (χ1) is 19.2. The molecule has 0 bridgehead atoms. The van der Waals surface area contributed by atoms with Gasteiger partial charge in [0.05, 0.1) is 5.41 Å². The Balaban J connectivity index is 2.43. The van der Waals surface area contributed by atoms with Crippen LogP contribution in [-0.2, 0) is 35.1 Å². The van der Waals surface area contributed by atoms with Gasteiger partial charge in [0.2, 0.25) is 11.8 Å². The number of ether oxygens (including phenoxy) is 2. The summed E-state index contributed by atoms with van der Waals surface area (Å²) in [4.78, 5) is 52.7. The number of halogens is 1. The number of aryl methyl sites for hydroxylation is 1. The highest BCUT2D eigenvalue weighted by molar-refractivity contribution is 6.31. The number of hydrogen-bond donors (Lipinski definition) is 2. The van der Waals surface area contributed by atoms with E-state index in [9.17, 15) is 19.2 Å². The maximum absolute atomic E-state index is 13.3. The highest BCUT2D eigenvalue weighted by Crippen LogP contribution is 2.23. The first kappa shape index (κ1) is 34.1. The van der Waals surface area contributed by atoms with Gasteiger partial charge in [-0.05, 0) is 62.8 Å². The lowest BCUT2D eigenvalue weighted by molar-refractivity contribution is -0.178. The molecule has 1 aromatic carbocycles. The molecule has 4 atom stereocenters. The van der Waals surface area contributed by atoms with Crippen molar-refractivity contribution >= 4 is 35.4 Å². The van der Waals surface area contributed by atoms with E-state index in [-0.39, 0.29) is 31.2 Å². The van der Waals surface area contributed by atoms with Crippen LogP contribution in [0.4, 0.5) is 0 Å². The van der Waals surface area contributed by atoms with Crippen LogP contribution >= 0.6 is 11.6 Å². The van der Waals surface area contributed by atoms with Crippen LogP contribution in [0.2, 0.25) is 5.02 Å². The summed E-state index contributed by atoms with van der Waals surface area (Å²) < 4.78 is 11.6. The zero-order valence-corrected chi connectivity index (χ0v) is 26.0. The molecule has 0 saturated heterocycles. The fourth-order valence-corrected chi connectivity index (χ4v) is 4.42. The maximum Gasteiger partial charge on any atom is 0.347 e. The van der Waals surface area contributed by atoms with Crippen LogP contribution in [0.15, 0.2) is 42.5 Å². The van der Waals surface area contributed by atoms with Crippen molar-refractivity contribution in [3.63, 3.8) is 0 Å². The zero-order chi connectivity index (χ0) is 30.7. The molecule has 0 spiro atoms. The second-order valence-corrected chi connectivity index (χ2v) is 12.2. The number of rotatable bonds is 7. The molecule has 226 valence electrons. The smallest absolute Gasteiger partial charge is 0.347 e. The summed E-state index contributed by atoms with van der Waals surface area (Å²) in [7, 11) is 0. The molecule has 9 heteroatoms. The summed E-state index contributed by atoms with van der Waals surface area (Å²) in [5.74, 6) is -2.27. The summed E-state index contributed by atoms with van der Waals surface area (Å²) in [6.07, 6.45) is 6.81. The SMILES string of the molecule is CC/C=C/C(C)C1C/C=C/C(=O)NC(Cc2ccc(C)c(Cl)c2)C(=O)NCC(C)(C)C(=O)OC(CC(C)C)C(=O)O1. The number of benzene rings is 1. The number of carbonyl (C=O) groups excluding carboxylic acids is 4. The normalized spacial score (nSPS) is 24.4. The molecular formula is C32H45ClN2O6. The first-order valence-corrected chi connectivity index (χ1v) is 14.7. The van der Waals surface area contributed by atoms with E-state index in [1.807, 2.05) is 58.9 Å². The van der Waals surface area contributed by atoms with E-state index in [4.69, 9.17) is 21.1 Å². The minimum absolute atomic E-state index is 0.0595. The molecule has 41 heavy (non-hydrogen) atoms. The minimum Gasteiger partial charge on any atom is -0.459 e. The number of esters is 2. The van der Waals surface area contributed by atoms with Crippen LogP contribution in [-0.4, -0.2) is 48.5 Å². The fraction of sp³-hybridized carbons (Fsp3) is 0.562. The Morgan fingerprint density at radius 3 is 2.46 bits per heavy atom. The van der Waals surface area contributed by atoms with Crippen LogP contribution in [0, 0.1) is 24.2 Å². The topological polar surface area (TPSA) is 111 Å². The van der Waals surface area contributed by atoms with E-state index in [2.05, 4.69) is 10.6 Å². The summed E-state index contributed by atoms with van der Waals surface area (Å²) in [6.45, 7) is 12.9. The van der Waals surface area contributed by atoms with Crippen molar-refractivity contribution in [3.05, 3.63) is 58.7 Å². The molecule has 0 fully saturated rings. The summed E-state index contributed by atoms with van der Waals surface area (Å²) >= 11 is 6.29. The lowest BCUT2D eigenvalue weighted by Crippen LogP contribution is -2.51. The highest BCUT2D eigenvalue weighted by atomic mass is 35.5. The van der Waals surface area contributed by atoms with Gasteiger partial charge in [0.25, 0.3) is 0 Å². The third-order valence-electron chi connectivity index (χ3n) is 6.93. The van der Waals surface area contributed by atoms with Crippen LogP contribution in [0.1, 0.15) is 71.9 Å². The Morgan fingerprint density at radius 2 is 1.83 bits per heavy atom. The van der Waals surface area contributed by atoms with Crippen molar-refractivity contribution in [2.75, 3.05) is 6.54 Å². The second kappa shape index (κ2) is 15.8. The zero-order valence-electron chi connectivity index (χ0n) is 25.3. The predicted octanol–water partition coefficient (Wildman–Crippen LogP) is 5.25. The molecular weight excluding hydrogens is 544 g/mol. The van der Waals surface area contributed by atoms with Gasteiger partial charge in [-0.25, -0.2) is 4.79 Å². The van der Waals surface area contributed by atoms with Crippen molar-refractivity contribution in [2.45, 2.75) is 92.4 Å². The van der Waals surface area contributed by atoms with E-state index < -0.39 is 47.4 Å². The second-order valence-electron chi connectivity index (χ2n) is 11.8. The molecule has 8 nitrogen and oxygen atoms in total. The van der Waals surface area contributed by atoms with Crippen molar-refractivity contribution in [1.82, 2.24) is 10.6 Å². The molecule has 0 aliphatic carbocycles. The van der Waals surface area contributed by atoms with Crippen LogP contribution in [0.5, 0.6) is 0 Å². The van der Waals surface area contributed by atoms with Gasteiger partial charge in [-0.15, -0.1) is 0 Å². The Bertz CT molecular complexity index is 1140. The average molecular weight is 589 g/mol. The number of amides is 2. The van der Waals surface area contributed by atoms with Crippen molar-refractivity contribution < 1.29 is 28.7 Å². The third kappa shape index (κ3) is 11.0. The van der Waals surface area contributed by atoms with E-state index >= 15 is 0 Å². The van der Waals surface area contributed by atoms with Gasteiger partial charge in [-0.2, -0.15) is 0 Å². The number of hydrogen-bond acceptors (Lipinski definition) is 6. The standard InChI is InChI=1S/C32H45ClN2O6/c1-8-9-11-22(5)26-12-10-13-28(36)35-25(18-23-15-14-21(4)24(33)17-23)29(37)34-19-32(6,7)31(39)41-27(16-20(2)3)30(38)40-26/h9-11,13-15,17,20,22,25-27H,8,12,16,18-19H2,1-7H3,(H,34,37)(H,35,36)/b11-9+,13-10+.